The summed E-state index contributed by atoms with van der Waals surface area (Å²) in [4.78, 5) is 20.6. The maximum absolute atomic E-state index is 10.3. The molecular formula is C5H7ClO2S. The second kappa shape index (κ2) is 3.90. The summed E-state index contributed by atoms with van der Waals surface area (Å²) in [5.41, 5.74) is 0. The van der Waals surface area contributed by atoms with E-state index in [0.29, 0.717) is 0 Å². The summed E-state index contributed by atoms with van der Waals surface area (Å²) in [6, 6.07) is 0. The van der Waals surface area contributed by atoms with E-state index < -0.39 is 10.5 Å². The summed E-state index contributed by atoms with van der Waals surface area (Å²) in [6.45, 7) is 3.00. The first-order valence-corrected chi connectivity index (χ1v) is 3.66. The predicted octanol–water partition coefficient (Wildman–Crippen LogP) is 1.42. The lowest BCUT2D eigenvalue weighted by atomic mass is 10.5. The maximum atomic E-state index is 10.3. The fourth-order valence-corrected chi connectivity index (χ4v) is 1.02. The van der Waals surface area contributed by atoms with Crippen molar-refractivity contribution in [3.8, 4) is 0 Å². The lowest BCUT2D eigenvalue weighted by Gasteiger charge is -1.98. The van der Waals surface area contributed by atoms with Gasteiger partial charge in [0.25, 0.3) is 0 Å². The molecule has 0 N–H and O–H groups in total. The number of halogens is 1. The van der Waals surface area contributed by atoms with Gasteiger partial charge in [0.05, 0.1) is 5.25 Å². The minimum Gasteiger partial charge on any atom is -0.288 e. The van der Waals surface area contributed by atoms with E-state index in [1.54, 1.807) is 6.92 Å². The zero-order chi connectivity index (χ0) is 7.44. The first-order chi connectivity index (χ1) is 4.04. The van der Waals surface area contributed by atoms with Gasteiger partial charge in [0.2, 0.25) is 5.24 Å². The van der Waals surface area contributed by atoms with Crippen molar-refractivity contribution >= 4 is 33.7 Å². The first-order valence-electron chi connectivity index (χ1n) is 2.40. The largest absolute Gasteiger partial charge is 0.288 e. The summed E-state index contributed by atoms with van der Waals surface area (Å²) in [5, 5.41) is -0.976. The second-order valence-corrected chi connectivity index (χ2v) is 3.45. The van der Waals surface area contributed by atoms with Gasteiger partial charge in [0.15, 0.2) is 5.12 Å². The van der Waals surface area contributed by atoms with E-state index in [1.807, 2.05) is 0 Å². The summed E-state index contributed by atoms with van der Waals surface area (Å²) >= 11 is 6.00. The topological polar surface area (TPSA) is 34.1 Å². The molecule has 0 radical (unpaired) electrons. The average molecular weight is 167 g/mol. The van der Waals surface area contributed by atoms with E-state index >= 15 is 0 Å². The summed E-state index contributed by atoms with van der Waals surface area (Å²) in [7, 11) is 0. The highest BCUT2D eigenvalue weighted by molar-refractivity contribution is 8.14. The molecule has 0 aromatic rings. The van der Waals surface area contributed by atoms with Gasteiger partial charge in [-0.1, -0.05) is 11.8 Å². The zero-order valence-corrected chi connectivity index (χ0v) is 6.75. The van der Waals surface area contributed by atoms with Crippen LogP contribution in [0.3, 0.4) is 0 Å². The van der Waals surface area contributed by atoms with E-state index in [-0.39, 0.29) is 5.12 Å². The van der Waals surface area contributed by atoms with Crippen LogP contribution in [0.25, 0.3) is 0 Å². The van der Waals surface area contributed by atoms with Crippen molar-refractivity contribution in [2.24, 2.45) is 0 Å². The summed E-state index contributed by atoms with van der Waals surface area (Å²) in [6.07, 6.45) is 0. The highest BCUT2D eigenvalue weighted by Crippen LogP contribution is 2.12. The van der Waals surface area contributed by atoms with Gasteiger partial charge in [-0.2, -0.15) is 0 Å². The summed E-state index contributed by atoms with van der Waals surface area (Å²) in [5.74, 6) is 0. The normalized spacial score (nSPS) is 12.8. The van der Waals surface area contributed by atoms with Gasteiger partial charge in [0.1, 0.15) is 0 Å². The Balaban J connectivity index is 3.63. The monoisotopic (exact) mass is 166 g/mol. The third-order valence-electron chi connectivity index (χ3n) is 0.662. The third-order valence-corrected chi connectivity index (χ3v) is 2.02. The van der Waals surface area contributed by atoms with E-state index in [2.05, 4.69) is 0 Å². The molecule has 0 bridgehead atoms. The fourth-order valence-electron chi connectivity index (χ4n) is 0.295. The van der Waals surface area contributed by atoms with Crippen molar-refractivity contribution in [1.82, 2.24) is 0 Å². The lowest BCUT2D eigenvalue weighted by Crippen LogP contribution is -2.07. The summed E-state index contributed by atoms with van der Waals surface area (Å²) < 4.78 is 0. The highest BCUT2D eigenvalue weighted by Gasteiger charge is 2.11. The Morgan fingerprint density at radius 3 is 2.11 bits per heavy atom. The molecule has 0 aliphatic carbocycles. The van der Waals surface area contributed by atoms with Crippen LogP contribution in [0.5, 0.6) is 0 Å². The molecule has 1 unspecified atom stereocenters. The second-order valence-electron chi connectivity index (χ2n) is 1.56. The van der Waals surface area contributed by atoms with Crippen molar-refractivity contribution in [2.75, 3.05) is 0 Å². The molecule has 0 saturated heterocycles. The standard InChI is InChI=1S/C5H7ClO2S/c1-3(5(6)8)9-4(2)7/h3H,1-2H3. The Morgan fingerprint density at radius 1 is 1.56 bits per heavy atom. The molecule has 0 fully saturated rings. The molecule has 0 aliphatic heterocycles. The maximum Gasteiger partial charge on any atom is 0.234 e. The number of carbonyl (C=O) groups is 2. The van der Waals surface area contributed by atoms with E-state index in [1.165, 1.54) is 6.92 Å². The molecule has 1 atom stereocenters. The molecular weight excluding hydrogens is 160 g/mol. The molecule has 4 heteroatoms. The van der Waals surface area contributed by atoms with Gasteiger partial charge in [-0.25, -0.2) is 0 Å². The van der Waals surface area contributed by atoms with Crippen molar-refractivity contribution in [3.63, 3.8) is 0 Å². The van der Waals surface area contributed by atoms with Crippen molar-refractivity contribution in [1.29, 1.82) is 0 Å². The number of rotatable bonds is 2. The fraction of sp³-hybridized carbons (Fsp3) is 0.600. The van der Waals surface area contributed by atoms with Crippen molar-refractivity contribution < 1.29 is 9.59 Å². The highest BCUT2D eigenvalue weighted by atomic mass is 35.5. The number of thioether (sulfide) groups is 1. The van der Waals surface area contributed by atoms with E-state index in [9.17, 15) is 9.59 Å². The van der Waals surface area contributed by atoms with Gasteiger partial charge >= 0.3 is 0 Å². The minimum atomic E-state index is -0.477. The van der Waals surface area contributed by atoms with Crippen LogP contribution in [0.1, 0.15) is 13.8 Å². The average Bonchev–Trinajstić information content (AvgIpc) is 1.63. The van der Waals surface area contributed by atoms with Crippen LogP contribution in [0.4, 0.5) is 0 Å². The van der Waals surface area contributed by atoms with Gasteiger partial charge in [-0.3, -0.25) is 9.59 Å². The predicted molar refractivity (Wildman–Crippen MR) is 38.6 cm³/mol. The van der Waals surface area contributed by atoms with Crippen molar-refractivity contribution in [3.05, 3.63) is 0 Å². The van der Waals surface area contributed by atoms with Gasteiger partial charge in [0, 0.05) is 6.92 Å². The molecule has 0 spiro atoms. The minimum absolute atomic E-state index is 0.0866. The first kappa shape index (κ1) is 8.98. The van der Waals surface area contributed by atoms with Crippen LogP contribution in [0.15, 0.2) is 0 Å². The number of hydrogen-bond donors (Lipinski definition) is 0. The number of hydrogen-bond acceptors (Lipinski definition) is 3. The van der Waals surface area contributed by atoms with Gasteiger partial charge < -0.3 is 0 Å². The smallest absolute Gasteiger partial charge is 0.234 e. The van der Waals surface area contributed by atoms with Crippen LogP contribution in [0, 0.1) is 0 Å². The Kier molecular flexibility index (Phi) is 3.89. The molecule has 0 saturated carbocycles. The Hall–Kier alpha value is -0.0200. The molecule has 0 aliphatic rings. The van der Waals surface area contributed by atoms with Crippen LogP contribution in [0.2, 0.25) is 0 Å². The van der Waals surface area contributed by atoms with Crippen LogP contribution in [-0.4, -0.2) is 15.6 Å². The lowest BCUT2D eigenvalue weighted by molar-refractivity contribution is -0.112. The number of carbonyl (C=O) groups excluding carboxylic acids is 2. The molecule has 2 nitrogen and oxygen atoms in total. The van der Waals surface area contributed by atoms with E-state index in [0.717, 1.165) is 11.8 Å². The SMILES string of the molecule is CC(=O)SC(C)C(=O)Cl. The molecule has 0 aromatic carbocycles. The van der Waals surface area contributed by atoms with Gasteiger partial charge in [-0.15, -0.1) is 0 Å². The van der Waals surface area contributed by atoms with Crippen molar-refractivity contribution in [2.45, 2.75) is 19.1 Å². The zero-order valence-electron chi connectivity index (χ0n) is 5.18. The molecule has 52 valence electrons. The van der Waals surface area contributed by atoms with Crippen LogP contribution >= 0.6 is 23.4 Å². The molecule has 9 heavy (non-hydrogen) atoms. The Morgan fingerprint density at radius 2 is 2.00 bits per heavy atom. The molecule has 0 heterocycles. The van der Waals surface area contributed by atoms with E-state index in [4.69, 9.17) is 11.6 Å². The molecule has 0 rings (SSSR count). The third kappa shape index (κ3) is 4.48. The molecule has 0 amide bonds. The van der Waals surface area contributed by atoms with Crippen LogP contribution in [-0.2, 0) is 9.59 Å². The Bertz CT molecular complexity index is 135. The van der Waals surface area contributed by atoms with Crippen LogP contribution < -0.4 is 0 Å². The Labute approximate surface area is 62.9 Å². The quantitative estimate of drug-likeness (QED) is 0.582. The van der Waals surface area contributed by atoms with Gasteiger partial charge in [-0.05, 0) is 18.5 Å². The molecule has 0 aromatic heterocycles.